The van der Waals surface area contributed by atoms with Crippen LogP contribution in [0.2, 0.25) is 0 Å². The highest BCUT2D eigenvalue weighted by Crippen LogP contribution is 2.12. The van der Waals surface area contributed by atoms with Crippen molar-refractivity contribution < 1.29 is 14.6 Å². The Morgan fingerprint density at radius 2 is 1.75 bits per heavy atom. The molecule has 2 N–H and O–H groups in total. The third-order valence-corrected chi connectivity index (χ3v) is 3.65. The predicted molar refractivity (Wildman–Crippen MR) is 97.9 cm³/mol. The zero-order valence-electron chi connectivity index (χ0n) is 13.8. The number of ether oxygens (including phenoxy) is 1. The molecule has 5 heteroatoms. The van der Waals surface area contributed by atoms with Crippen LogP contribution in [-0.4, -0.2) is 23.7 Å². The topological polar surface area (TPSA) is 58.6 Å². The second-order valence-corrected chi connectivity index (χ2v) is 5.63. The van der Waals surface area contributed by atoms with Gasteiger partial charge in [-0.3, -0.25) is 0 Å². The molecule has 24 heavy (non-hydrogen) atoms. The number of carboxylic acids is 1. The average molecular weight is 350 g/mol. The summed E-state index contributed by atoms with van der Waals surface area (Å²) in [5, 5.41) is 12.1. The monoisotopic (exact) mass is 349 g/mol. The van der Waals surface area contributed by atoms with Crippen LogP contribution in [0.1, 0.15) is 24.5 Å². The summed E-state index contributed by atoms with van der Waals surface area (Å²) in [6, 6.07) is 18.4. The van der Waals surface area contributed by atoms with Crippen molar-refractivity contribution in [3.8, 4) is 5.75 Å². The van der Waals surface area contributed by atoms with Crippen LogP contribution in [0.15, 0.2) is 54.6 Å². The molecule has 0 saturated heterocycles. The van der Waals surface area contributed by atoms with Gasteiger partial charge in [0.05, 0.1) is 0 Å². The molecule has 0 saturated carbocycles. The van der Waals surface area contributed by atoms with Crippen LogP contribution in [0.3, 0.4) is 0 Å². The second kappa shape index (κ2) is 10.7. The van der Waals surface area contributed by atoms with E-state index in [0.29, 0.717) is 11.8 Å². The summed E-state index contributed by atoms with van der Waals surface area (Å²) in [5.41, 5.74) is 2.51. The van der Waals surface area contributed by atoms with Crippen LogP contribution < -0.4 is 10.1 Å². The zero-order valence-corrected chi connectivity index (χ0v) is 14.6. The van der Waals surface area contributed by atoms with Gasteiger partial charge in [0.25, 0.3) is 0 Å². The molecule has 0 amide bonds. The van der Waals surface area contributed by atoms with E-state index in [1.165, 1.54) is 5.56 Å². The van der Waals surface area contributed by atoms with E-state index in [1.54, 1.807) is 12.1 Å². The lowest BCUT2D eigenvalue weighted by Crippen LogP contribution is -2.25. The van der Waals surface area contributed by atoms with Crippen LogP contribution in [0.5, 0.6) is 5.75 Å². The lowest BCUT2D eigenvalue weighted by atomic mass is 10.1. The highest BCUT2D eigenvalue weighted by atomic mass is 35.5. The first-order chi connectivity index (χ1) is 11.1. The van der Waals surface area contributed by atoms with Gasteiger partial charge in [0, 0.05) is 12.6 Å². The molecule has 130 valence electrons. The number of rotatable bonds is 9. The Labute approximate surface area is 149 Å². The maximum Gasteiger partial charge on any atom is 0.341 e. The highest BCUT2D eigenvalue weighted by molar-refractivity contribution is 5.85. The lowest BCUT2D eigenvalue weighted by Gasteiger charge is -2.14. The van der Waals surface area contributed by atoms with Gasteiger partial charge in [-0.1, -0.05) is 42.5 Å². The Morgan fingerprint density at radius 3 is 2.38 bits per heavy atom. The summed E-state index contributed by atoms with van der Waals surface area (Å²) in [6.07, 6.45) is 2.15. The predicted octanol–water partition coefficient (Wildman–Crippen LogP) is 3.68. The number of aliphatic carboxylic acids is 1. The number of nitrogens with one attached hydrogen (secondary N) is 1. The molecule has 0 aromatic heterocycles. The van der Waals surface area contributed by atoms with E-state index >= 15 is 0 Å². The Morgan fingerprint density at radius 1 is 1.08 bits per heavy atom. The van der Waals surface area contributed by atoms with Gasteiger partial charge in [-0.25, -0.2) is 4.79 Å². The molecule has 1 atom stereocenters. The van der Waals surface area contributed by atoms with Crippen LogP contribution in [0.4, 0.5) is 0 Å². The average Bonchev–Trinajstić information content (AvgIpc) is 2.58. The summed E-state index contributed by atoms with van der Waals surface area (Å²) in [7, 11) is 0. The first-order valence-corrected chi connectivity index (χ1v) is 7.84. The Balaban J connectivity index is 0.00000288. The van der Waals surface area contributed by atoms with E-state index in [-0.39, 0.29) is 19.0 Å². The zero-order chi connectivity index (χ0) is 16.5. The van der Waals surface area contributed by atoms with Gasteiger partial charge in [-0.05, 0) is 43.0 Å². The minimum Gasteiger partial charge on any atom is -0.482 e. The van der Waals surface area contributed by atoms with Crippen molar-refractivity contribution in [1.29, 1.82) is 0 Å². The van der Waals surface area contributed by atoms with Crippen LogP contribution in [0, 0.1) is 0 Å². The minimum atomic E-state index is -0.969. The van der Waals surface area contributed by atoms with Crippen molar-refractivity contribution >= 4 is 18.4 Å². The number of carbonyl (C=O) groups is 1. The molecule has 0 radical (unpaired) electrons. The molecule has 0 fully saturated rings. The third kappa shape index (κ3) is 7.49. The largest absolute Gasteiger partial charge is 0.482 e. The van der Waals surface area contributed by atoms with Gasteiger partial charge in [0.2, 0.25) is 0 Å². The number of hydrogen-bond donors (Lipinski definition) is 2. The minimum absolute atomic E-state index is 0. The Bertz CT molecular complexity index is 602. The van der Waals surface area contributed by atoms with E-state index in [4.69, 9.17) is 9.84 Å². The van der Waals surface area contributed by atoms with Gasteiger partial charge in [-0.15, -0.1) is 12.4 Å². The molecule has 0 aliphatic rings. The molecule has 2 rings (SSSR count). The summed E-state index contributed by atoms with van der Waals surface area (Å²) in [4.78, 5) is 10.4. The van der Waals surface area contributed by atoms with E-state index in [0.717, 1.165) is 24.9 Å². The molecular weight excluding hydrogens is 326 g/mol. The normalized spacial score (nSPS) is 11.4. The van der Waals surface area contributed by atoms with Crippen LogP contribution in [-0.2, 0) is 17.8 Å². The summed E-state index contributed by atoms with van der Waals surface area (Å²) in [6.45, 7) is 2.66. The number of benzene rings is 2. The SMILES string of the molecule is CC(CCc1ccccc1)NCc1ccc(OCC(=O)O)cc1.Cl. The highest BCUT2D eigenvalue weighted by Gasteiger charge is 2.03. The lowest BCUT2D eigenvalue weighted by molar-refractivity contribution is -0.139. The molecule has 2 aromatic carbocycles. The fourth-order valence-electron chi connectivity index (χ4n) is 2.27. The van der Waals surface area contributed by atoms with Crippen molar-refractivity contribution in [3.05, 3.63) is 65.7 Å². The van der Waals surface area contributed by atoms with Gasteiger partial charge < -0.3 is 15.2 Å². The molecule has 4 nitrogen and oxygen atoms in total. The number of aryl methyl sites for hydroxylation is 1. The molecule has 0 aliphatic carbocycles. The number of hydrogen-bond acceptors (Lipinski definition) is 3. The maximum absolute atomic E-state index is 10.4. The van der Waals surface area contributed by atoms with E-state index < -0.39 is 5.97 Å². The standard InChI is InChI=1S/C19H23NO3.ClH/c1-15(7-8-16-5-3-2-4-6-16)20-13-17-9-11-18(12-10-17)23-14-19(21)22;/h2-6,9-12,15,20H,7-8,13-14H2,1H3,(H,21,22);1H. The number of halogens is 1. The quantitative estimate of drug-likeness (QED) is 0.725. The fourth-order valence-corrected chi connectivity index (χ4v) is 2.27. The van der Waals surface area contributed by atoms with Crippen molar-refractivity contribution in [2.75, 3.05) is 6.61 Å². The third-order valence-electron chi connectivity index (χ3n) is 3.65. The van der Waals surface area contributed by atoms with Gasteiger partial charge in [0.1, 0.15) is 5.75 Å². The Kier molecular flexibility index (Phi) is 8.90. The summed E-state index contributed by atoms with van der Waals surface area (Å²) in [5.74, 6) is -0.392. The van der Waals surface area contributed by atoms with Gasteiger partial charge in [-0.2, -0.15) is 0 Å². The maximum atomic E-state index is 10.4. The van der Waals surface area contributed by atoms with Gasteiger partial charge in [0.15, 0.2) is 6.61 Å². The second-order valence-electron chi connectivity index (χ2n) is 5.63. The molecule has 0 aliphatic heterocycles. The first-order valence-electron chi connectivity index (χ1n) is 7.84. The smallest absolute Gasteiger partial charge is 0.341 e. The molecule has 0 heterocycles. The van der Waals surface area contributed by atoms with Crippen molar-refractivity contribution in [2.24, 2.45) is 0 Å². The molecule has 2 aromatic rings. The van der Waals surface area contributed by atoms with Crippen LogP contribution >= 0.6 is 12.4 Å². The van der Waals surface area contributed by atoms with E-state index in [2.05, 4.69) is 36.5 Å². The summed E-state index contributed by atoms with van der Waals surface area (Å²) < 4.78 is 5.12. The molecular formula is C19H24ClNO3. The first kappa shape index (κ1) is 20.0. The van der Waals surface area contributed by atoms with Crippen molar-refractivity contribution in [3.63, 3.8) is 0 Å². The Hall–Kier alpha value is -2.04. The molecule has 0 spiro atoms. The van der Waals surface area contributed by atoms with Crippen molar-refractivity contribution in [2.45, 2.75) is 32.4 Å². The molecule has 1 unspecified atom stereocenters. The van der Waals surface area contributed by atoms with E-state index in [1.807, 2.05) is 18.2 Å². The molecule has 0 bridgehead atoms. The van der Waals surface area contributed by atoms with E-state index in [9.17, 15) is 4.79 Å². The number of carboxylic acid groups (broad SMARTS) is 1. The van der Waals surface area contributed by atoms with Gasteiger partial charge >= 0.3 is 5.97 Å². The summed E-state index contributed by atoms with van der Waals surface area (Å²) >= 11 is 0. The van der Waals surface area contributed by atoms with Crippen molar-refractivity contribution in [1.82, 2.24) is 5.32 Å². The van der Waals surface area contributed by atoms with Crippen LogP contribution in [0.25, 0.3) is 0 Å². The fraction of sp³-hybridized carbons (Fsp3) is 0.316.